The number of carboxylic acid groups (broad SMARTS) is 1. The van der Waals surface area contributed by atoms with Gasteiger partial charge < -0.3 is 23.5 Å². The second-order valence-electron chi connectivity index (χ2n) is 9.88. The standard InChI is InChI=1S/C29H26F2N2O7S/c1-32-12-11-22(27(17-32)39-29(36)28(34)35)24-16-33(15-18-7-8-19(30)13-25(18)31)26-10-9-20(14-23(24)26)40-41(37,38)21-5-3-2-4-6-21/h2-10,13-14,16,22,27H,11-12,15,17H2,1H3,(H,34,35). The number of aromatic nitrogens is 1. The first kappa shape index (κ1) is 28.2. The molecule has 0 aliphatic carbocycles. The van der Waals surface area contributed by atoms with Crippen LogP contribution in [0, 0.1) is 11.6 Å². The van der Waals surface area contributed by atoms with Crippen LogP contribution in [0.1, 0.15) is 23.5 Å². The molecule has 12 heteroatoms. The molecule has 1 aliphatic heterocycles. The second-order valence-corrected chi connectivity index (χ2v) is 11.4. The number of carbonyl (C=O) groups is 2. The number of esters is 1. The van der Waals surface area contributed by atoms with Crippen LogP contribution in [0.3, 0.4) is 0 Å². The summed E-state index contributed by atoms with van der Waals surface area (Å²) in [7, 11) is -2.33. The molecule has 2 heterocycles. The van der Waals surface area contributed by atoms with E-state index in [1.54, 1.807) is 35.0 Å². The van der Waals surface area contributed by atoms with Crippen LogP contribution in [0.15, 0.2) is 77.8 Å². The van der Waals surface area contributed by atoms with E-state index < -0.39 is 45.7 Å². The smallest absolute Gasteiger partial charge is 0.417 e. The molecule has 1 N–H and O–H groups in total. The summed E-state index contributed by atoms with van der Waals surface area (Å²) in [6, 6.07) is 15.6. The Labute approximate surface area is 234 Å². The predicted octanol–water partition coefficient (Wildman–Crippen LogP) is 4.15. The number of ether oxygens (including phenoxy) is 1. The van der Waals surface area contributed by atoms with Crippen LogP contribution in [0.4, 0.5) is 8.78 Å². The van der Waals surface area contributed by atoms with Gasteiger partial charge in [-0.1, -0.05) is 24.3 Å². The normalized spacial score (nSPS) is 17.8. The molecule has 1 saturated heterocycles. The molecule has 214 valence electrons. The third kappa shape index (κ3) is 6.08. The molecule has 1 aliphatic rings. The first-order valence-electron chi connectivity index (χ1n) is 12.7. The Morgan fingerprint density at radius 2 is 1.80 bits per heavy atom. The fourth-order valence-corrected chi connectivity index (χ4v) is 6.06. The van der Waals surface area contributed by atoms with E-state index in [1.165, 1.54) is 30.3 Å². The number of aliphatic carboxylic acids is 1. The van der Waals surface area contributed by atoms with Gasteiger partial charge in [0.1, 0.15) is 28.4 Å². The van der Waals surface area contributed by atoms with Crippen LogP contribution >= 0.6 is 0 Å². The van der Waals surface area contributed by atoms with E-state index in [0.717, 1.165) is 12.1 Å². The number of nitrogens with zero attached hydrogens (tertiary/aromatic N) is 2. The Kier molecular flexibility index (Phi) is 7.78. The van der Waals surface area contributed by atoms with E-state index in [9.17, 15) is 26.8 Å². The van der Waals surface area contributed by atoms with Gasteiger partial charge in [0.2, 0.25) is 0 Å². The average Bonchev–Trinajstić information content (AvgIpc) is 3.27. The van der Waals surface area contributed by atoms with Crippen molar-refractivity contribution in [1.82, 2.24) is 9.47 Å². The number of likely N-dealkylation sites (N-methyl/N-ethyl adjacent to an activating group) is 1. The van der Waals surface area contributed by atoms with Gasteiger partial charge in [-0.05, 0) is 62.0 Å². The number of piperidine rings is 1. The SMILES string of the molecule is CN1CCC(c2cn(Cc3ccc(F)cc3F)c3ccc(OS(=O)(=O)c4ccccc4)cc23)C(OC(=O)C(=O)O)C1. The van der Waals surface area contributed by atoms with E-state index in [1.807, 2.05) is 11.9 Å². The van der Waals surface area contributed by atoms with Crippen LogP contribution < -0.4 is 4.18 Å². The highest BCUT2D eigenvalue weighted by atomic mass is 32.2. The molecule has 0 radical (unpaired) electrons. The van der Waals surface area contributed by atoms with Crippen LogP contribution in [-0.4, -0.2) is 61.2 Å². The van der Waals surface area contributed by atoms with Gasteiger partial charge in [-0.15, -0.1) is 0 Å². The van der Waals surface area contributed by atoms with Crippen molar-refractivity contribution in [2.24, 2.45) is 0 Å². The molecular formula is C29H26F2N2O7S. The molecule has 2 atom stereocenters. The van der Waals surface area contributed by atoms with Gasteiger partial charge in [-0.25, -0.2) is 18.4 Å². The summed E-state index contributed by atoms with van der Waals surface area (Å²) < 4.78 is 66.4. The number of carbonyl (C=O) groups excluding carboxylic acids is 1. The minimum Gasteiger partial charge on any atom is -0.473 e. The van der Waals surface area contributed by atoms with Crippen molar-refractivity contribution in [1.29, 1.82) is 0 Å². The van der Waals surface area contributed by atoms with Crippen molar-refractivity contribution in [2.75, 3.05) is 20.1 Å². The molecular weight excluding hydrogens is 558 g/mol. The van der Waals surface area contributed by atoms with Crippen LogP contribution in [0.2, 0.25) is 0 Å². The van der Waals surface area contributed by atoms with Gasteiger partial charge in [0.15, 0.2) is 0 Å². The quantitative estimate of drug-likeness (QED) is 0.196. The Morgan fingerprint density at radius 1 is 1.05 bits per heavy atom. The highest BCUT2D eigenvalue weighted by Crippen LogP contribution is 2.38. The molecule has 0 amide bonds. The Morgan fingerprint density at radius 3 is 2.51 bits per heavy atom. The summed E-state index contributed by atoms with van der Waals surface area (Å²) in [5, 5.41) is 9.69. The van der Waals surface area contributed by atoms with E-state index in [-0.39, 0.29) is 29.3 Å². The fraction of sp³-hybridized carbons (Fsp3) is 0.241. The molecule has 2 unspecified atom stereocenters. The van der Waals surface area contributed by atoms with E-state index >= 15 is 0 Å². The molecule has 3 aromatic carbocycles. The molecule has 0 saturated carbocycles. The maximum atomic E-state index is 14.6. The van der Waals surface area contributed by atoms with Crippen LogP contribution in [-0.2, 0) is 31.0 Å². The molecule has 0 bridgehead atoms. The van der Waals surface area contributed by atoms with Crippen molar-refractivity contribution in [3.05, 3.63) is 95.7 Å². The monoisotopic (exact) mass is 584 g/mol. The largest absolute Gasteiger partial charge is 0.473 e. The van der Waals surface area contributed by atoms with Gasteiger partial charge in [0.25, 0.3) is 0 Å². The lowest BCUT2D eigenvalue weighted by molar-refractivity contribution is -0.169. The maximum absolute atomic E-state index is 14.6. The Hall–Kier alpha value is -4.29. The van der Waals surface area contributed by atoms with Crippen molar-refractivity contribution in [2.45, 2.75) is 29.9 Å². The van der Waals surface area contributed by atoms with Gasteiger partial charge in [0.05, 0.1) is 6.54 Å². The molecule has 9 nitrogen and oxygen atoms in total. The lowest BCUT2D eigenvalue weighted by Crippen LogP contribution is -2.44. The highest BCUT2D eigenvalue weighted by Gasteiger charge is 2.35. The van der Waals surface area contributed by atoms with Gasteiger partial charge >= 0.3 is 22.1 Å². The lowest BCUT2D eigenvalue weighted by Gasteiger charge is -2.35. The predicted molar refractivity (Wildman–Crippen MR) is 144 cm³/mol. The maximum Gasteiger partial charge on any atom is 0.417 e. The second kappa shape index (κ2) is 11.3. The zero-order valence-corrected chi connectivity index (χ0v) is 22.7. The van der Waals surface area contributed by atoms with Gasteiger partial charge in [-0.3, -0.25) is 0 Å². The topological polar surface area (TPSA) is 115 Å². The number of hydrogen-bond donors (Lipinski definition) is 1. The summed E-state index contributed by atoms with van der Waals surface area (Å²) >= 11 is 0. The number of rotatable bonds is 7. The van der Waals surface area contributed by atoms with E-state index in [4.69, 9.17) is 14.0 Å². The molecule has 41 heavy (non-hydrogen) atoms. The van der Waals surface area contributed by atoms with Crippen molar-refractivity contribution < 1.29 is 40.8 Å². The molecule has 4 aromatic rings. The zero-order valence-electron chi connectivity index (χ0n) is 21.9. The average molecular weight is 585 g/mol. The number of carboxylic acids is 1. The summed E-state index contributed by atoms with van der Waals surface area (Å²) in [5.41, 5.74) is 1.45. The highest BCUT2D eigenvalue weighted by molar-refractivity contribution is 7.87. The first-order chi connectivity index (χ1) is 19.5. The van der Waals surface area contributed by atoms with Crippen LogP contribution in [0.5, 0.6) is 5.75 Å². The number of fused-ring (bicyclic) bond motifs is 1. The third-order valence-electron chi connectivity index (χ3n) is 7.07. The molecule has 1 aromatic heterocycles. The summed E-state index contributed by atoms with van der Waals surface area (Å²) in [4.78, 5) is 25.1. The third-order valence-corrected chi connectivity index (χ3v) is 8.33. The van der Waals surface area contributed by atoms with Crippen LogP contribution in [0.25, 0.3) is 10.9 Å². The molecule has 0 spiro atoms. The number of benzene rings is 3. The zero-order chi connectivity index (χ0) is 29.3. The van der Waals surface area contributed by atoms with Gasteiger partial charge in [0, 0.05) is 41.2 Å². The fourth-order valence-electron chi connectivity index (χ4n) is 5.11. The Bertz CT molecular complexity index is 1720. The lowest BCUT2D eigenvalue weighted by atomic mass is 9.87. The Balaban J connectivity index is 1.59. The van der Waals surface area contributed by atoms with Gasteiger partial charge in [-0.2, -0.15) is 8.42 Å². The minimum absolute atomic E-state index is 0.0251. The minimum atomic E-state index is -4.15. The molecule has 5 rings (SSSR count). The molecule has 1 fully saturated rings. The van der Waals surface area contributed by atoms with Crippen molar-refractivity contribution in [3.63, 3.8) is 0 Å². The van der Waals surface area contributed by atoms with E-state index in [0.29, 0.717) is 29.4 Å². The van der Waals surface area contributed by atoms with E-state index in [2.05, 4.69) is 0 Å². The first-order valence-corrected chi connectivity index (χ1v) is 14.1. The number of halogens is 2. The summed E-state index contributed by atoms with van der Waals surface area (Å²) in [5.74, 6) is -4.97. The number of likely N-dealkylation sites (tertiary alicyclic amines) is 1. The number of hydrogen-bond acceptors (Lipinski definition) is 7. The van der Waals surface area contributed by atoms with Crippen molar-refractivity contribution >= 4 is 33.0 Å². The van der Waals surface area contributed by atoms with Crippen molar-refractivity contribution in [3.8, 4) is 5.75 Å². The summed E-state index contributed by atoms with van der Waals surface area (Å²) in [6.07, 6.45) is 1.41. The summed E-state index contributed by atoms with van der Waals surface area (Å²) in [6.45, 7) is 0.905.